The average molecular weight is 1050 g/mol. The molecule has 0 amide bonds. The van der Waals surface area contributed by atoms with Crippen molar-refractivity contribution < 1.29 is 33.2 Å². The Morgan fingerprint density at radius 1 is 0.260 bits per heavy atom. The van der Waals surface area contributed by atoms with E-state index >= 15 is 0 Å². The highest BCUT2D eigenvalue weighted by Crippen LogP contribution is 2.39. The van der Waals surface area contributed by atoms with E-state index in [9.17, 15) is 0 Å². The zero-order valence-electron chi connectivity index (χ0n) is 51.0. The Morgan fingerprint density at radius 2 is 0.493 bits per heavy atom. The second kappa shape index (κ2) is 37.3. The van der Waals surface area contributed by atoms with Crippen LogP contribution in [0.2, 0.25) is 0 Å². The van der Waals surface area contributed by atoms with E-state index in [1.165, 1.54) is 0 Å². The van der Waals surface area contributed by atoms with Gasteiger partial charge in [0.25, 0.3) is 0 Å². The molecule has 0 aromatic rings. The number of nitrogens with one attached hydrogen (secondary N) is 4. The van der Waals surface area contributed by atoms with Gasteiger partial charge in [0.1, 0.15) is 0 Å². The number of hydrogen-bond donors (Lipinski definition) is 8. The van der Waals surface area contributed by atoms with Crippen LogP contribution in [0.5, 0.6) is 0 Å². The summed E-state index contributed by atoms with van der Waals surface area (Å²) in [6.45, 7) is 49.3. The van der Waals surface area contributed by atoms with E-state index in [4.69, 9.17) is 56.1 Å². The average Bonchev–Trinajstić information content (AvgIpc) is 3.27. The summed E-state index contributed by atoms with van der Waals surface area (Å²) >= 11 is 0. The van der Waals surface area contributed by atoms with Crippen LogP contribution >= 0.6 is 0 Å². The minimum atomic E-state index is -0.474. The van der Waals surface area contributed by atoms with E-state index in [2.05, 4.69) is 132 Å². The molecule has 0 heterocycles. The molecule has 0 radical (unpaired) electrons. The first-order chi connectivity index (χ1) is 33.9. The van der Waals surface area contributed by atoms with E-state index < -0.39 is 22.2 Å². The van der Waals surface area contributed by atoms with Gasteiger partial charge in [0.15, 0.2) is 0 Å². The zero-order valence-corrected chi connectivity index (χ0v) is 51.0. The first-order valence-corrected chi connectivity index (χ1v) is 29.0. The molecule has 0 fully saturated rings. The molecular weight excluding hydrogens is 921 g/mol. The summed E-state index contributed by atoms with van der Waals surface area (Å²) in [5, 5.41) is 14.0. The Kier molecular flexibility index (Phi) is 37.0. The zero-order chi connectivity index (χ0) is 55.6. The van der Waals surface area contributed by atoms with Crippen molar-refractivity contribution >= 4 is 0 Å². The third-order valence-electron chi connectivity index (χ3n) is 14.3. The molecule has 0 saturated heterocycles. The summed E-state index contributed by atoms with van der Waals surface area (Å²) in [5.74, 6) is 0. The lowest BCUT2D eigenvalue weighted by Crippen LogP contribution is -2.46. The monoisotopic (exact) mass is 1050 g/mol. The molecule has 0 bridgehead atoms. The van der Waals surface area contributed by atoms with Crippen LogP contribution in [0.3, 0.4) is 0 Å². The third-order valence-corrected chi connectivity index (χ3v) is 14.3. The second-order valence-electron chi connectivity index (χ2n) is 26.3. The van der Waals surface area contributed by atoms with Crippen LogP contribution in [0.4, 0.5) is 0 Å². The van der Waals surface area contributed by atoms with Gasteiger partial charge in [-0.2, -0.15) is 0 Å². The van der Waals surface area contributed by atoms with Crippen LogP contribution in [0.25, 0.3) is 0 Å². The SMILES string of the molecule is CC(C)(CCOC(C)(C)CCNCCCN)CCC(COC(C)(C)CCOC(C)(C)CCNCCCN)(COC(C)(C)CCOC(C)(C)CCNCCCN)COC(C)(C)CCOC(C)(C)CCNCCCN. The third kappa shape index (κ3) is 41.2. The van der Waals surface area contributed by atoms with E-state index in [1.807, 2.05) is 0 Å². The van der Waals surface area contributed by atoms with Gasteiger partial charge in [0, 0.05) is 12.0 Å². The van der Waals surface area contributed by atoms with E-state index in [1.54, 1.807) is 0 Å². The smallest absolute Gasteiger partial charge is 0.0648 e. The van der Waals surface area contributed by atoms with Crippen molar-refractivity contribution in [1.82, 2.24) is 21.3 Å². The lowest BCUT2D eigenvalue weighted by atomic mass is 9.76. The van der Waals surface area contributed by atoms with Gasteiger partial charge in [-0.1, -0.05) is 13.8 Å². The Hall–Kier alpha value is -0.600. The first kappa shape index (κ1) is 72.4. The van der Waals surface area contributed by atoms with Gasteiger partial charge in [-0.05, 0) is 271 Å². The quantitative estimate of drug-likeness (QED) is 0.0269. The van der Waals surface area contributed by atoms with Crippen molar-refractivity contribution in [2.45, 2.75) is 240 Å². The normalized spacial score (nSPS) is 14.0. The molecule has 0 aliphatic carbocycles. The van der Waals surface area contributed by atoms with Crippen molar-refractivity contribution in [3.8, 4) is 0 Å². The van der Waals surface area contributed by atoms with Crippen LogP contribution in [-0.2, 0) is 33.2 Å². The predicted octanol–water partition coefficient (Wildman–Crippen LogP) is 8.22. The lowest BCUT2D eigenvalue weighted by Gasteiger charge is -2.43. The van der Waals surface area contributed by atoms with Crippen molar-refractivity contribution in [2.75, 3.05) is 125 Å². The standard InChI is InChI=1S/C58H126N8O7/c1-50(2,27-43-67-51(3,4)23-39-63-35-17-31-59)21-22-58(47-71-55(11,12)28-44-68-52(5,6)24-40-64-36-18-32-60,48-72-56(13,14)29-45-69-53(7,8)25-41-65-37-19-33-61)49-73-57(15,16)30-46-70-54(9,10)26-42-66-38-20-34-62/h63-66H,17-49,59-62H2,1-16H3. The lowest BCUT2D eigenvalue weighted by molar-refractivity contribution is -0.172. The Balaban J connectivity index is 6.57. The van der Waals surface area contributed by atoms with E-state index in [0.29, 0.717) is 72.4 Å². The van der Waals surface area contributed by atoms with E-state index in [-0.39, 0.29) is 27.8 Å². The molecule has 15 heteroatoms. The molecule has 0 saturated carbocycles. The molecule has 440 valence electrons. The van der Waals surface area contributed by atoms with Crippen LogP contribution in [0.1, 0.15) is 201 Å². The van der Waals surface area contributed by atoms with Crippen LogP contribution in [-0.4, -0.2) is 164 Å². The number of rotatable bonds is 52. The summed E-state index contributed by atoms with van der Waals surface area (Å²) < 4.78 is 47.5. The molecule has 15 nitrogen and oxygen atoms in total. The van der Waals surface area contributed by atoms with Crippen molar-refractivity contribution in [3.05, 3.63) is 0 Å². The molecule has 0 spiro atoms. The molecule has 0 aliphatic rings. The maximum Gasteiger partial charge on any atom is 0.0648 e. The molecule has 0 aliphatic heterocycles. The Bertz CT molecular complexity index is 1130. The molecule has 0 rings (SSSR count). The minimum absolute atomic E-state index is 0.0168. The fourth-order valence-electron chi connectivity index (χ4n) is 7.91. The number of nitrogens with two attached hydrogens (primary N) is 4. The highest BCUT2D eigenvalue weighted by atomic mass is 16.5. The van der Waals surface area contributed by atoms with Gasteiger partial charge >= 0.3 is 0 Å². The number of ether oxygens (including phenoxy) is 7. The topological polar surface area (TPSA) is 217 Å². The molecular formula is C58H126N8O7. The van der Waals surface area contributed by atoms with Crippen molar-refractivity contribution in [1.29, 1.82) is 0 Å². The van der Waals surface area contributed by atoms with Crippen LogP contribution in [0, 0.1) is 10.8 Å². The largest absolute Gasteiger partial charge is 0.376 e. The fraction of sp³-hybridized carbons (Fsp3) is 1.00. The maximum absolute atomic E-state index is 7.12. The van der Waals surface area contributed by atoms with Gasteiger partial charge < -0.3 is 77.4 Å². The molecule has 12 N–H and O–H groups in total. The van der Waals surface area contributed by atoms with E-state index in [0.717, 1.165) is 142 Å². The van der Waals surface area contributed by atoms with Crippen LogP contribution in [0.15, 0.2) is 0 Å². The number of hydrogen-bond acceptors (Lipinski definition) is 15. The van der Waals surface area contributed by atoms with Gasteiger partial charge in [-0.3, -0.25) is 0 Å². The molecule has 73 heavy (non-hydrogen) atoms. The van der Waals surface area contributed by atoms with Crippen molar-refractivity contribution in [2.24, 2.45) is 33.8 Å². The molecule has 0 aromatic carbocycles. The highest BCUT2D eigenvalue weighted by molar-refractivity contribution is 4.88. The van der Waals surface area contributed by atoms with Gasteiger partial charge in [0.2, 0.25) is 0 Å². The maximum atomic E-state index is 7.12. The highest BCUT2D eigenvalue weighted by Gasteiger charge is 2.40. The van der Waals surface area contributed by atoms with Gasteiger partial charge in [-0.25, -0.2) is 0 Å². The minimum Gasteiger partial charge on any atom is -0.376 e. The summed E-state index contributed by atoms with van der Waals surface area (Å²) in [6.07, 6.45) is 12.5. The predicted molar refractivity (Wildman–Crippen MR) is 309 cm³/mol. The summed E-state index contributed by atoms with van der Waals surface area (Å²) in [4.78, 5) is 0. The second-order valence-corrected chi connectivity index (χ2v) is 26.3. The summed E-state index contributed by atoms with van der Waals surface area (Å²) in [7, 11) is 0. The Labute approximate surface area is 451 Å². The fourth-order valence-corrected chi connectivity index (χ4v) is 7.91. The molecule has 0 unspecified atom stereocenters. The molecule has 0 aromatic heterocycles. The first-order valence-electron chi connectivity index (χ1n) is 29.0. The van der Waals surface area contributed by atoms with Gasteiger partial charge in [0.05, 0.1) is 78.8 Å². The van der Waals surface area contributed by atoms with Crippen LogP contribution < -0.4 is 44.2 Å². The van der Waals surface area contributed by atoms with Crippen molar-refractivity contribution in [3.63, 3.8) is 0 Å². The Morgan fingerprint density at radius 3 is 0.740 bits per heavy atom. The molecule has 0 atom stereocenters. The summed E-state index contributed by atoms with van der Waals surface area (Å²) in [6, 6.07) is 0. The van der Waals surface area contributed by atoms with Gasteiger partial charge in [-0.15, -0.1) is 0 Å². The summed E-state index contributed by atoms with van der Waals surface area (Å²) in [5.41, 5.74) is 19.9.